The maximum Gasteiger partial charge on any atom is 0.227 e. The summed E-state index contributed by atoms with van der Waals surface area (Å²) in [7, 11) is 0. The standard InChI is InChI=1S/C53H32N4OS/c1-4-16-33(17-5-1)49-55-50(39-23-14-26-42-47(39)37-22-10-11-25-41(37)53(42,35-18-6-2-7-19-35)36-20-8-3-9-21-36)57-51(56-49)40-24-15-29-45-48(40)38-31-30-34(32-46(38)59-45)52-54-43-27-12-13-28-44(43)58-52/h1-32H. The van der Waals surface area contributed by atoms with Crippen molar-refractivity contribution in [3.63, 3.8) is 0 Å². The molecule has 0 radical (unpaired) electrons. The predicted octanol–water partition coefficient (Wildman–Crippen LogP) is 13.4. The molecule has 12 rings (SSSR count). The van der Waals surface area contributed by atoms with E-state index in [0.717, 1.165) is 59.1 Å². The third kappa shape index (κ3) is 5.17. The molecule has 3 aromatic heterocycles. The monoisotopic (exact) mass is 772 g/mol. The molecule has 5 nitrogen and oxygen atoms in total. The van der Waals surface area contributed by atoms with Crippen LogP contribution < -0.4 is 0 Å². The van der Waals surface area contributed by atoms with Crippen molar-refractivity contribution in [2.45, 2.75) is 5.41 Å². The van der Waals surface area contributed by atoms with E-state index in [2.05, 4.69) is 152 Å². The number of thiophene rings is 1. The van der Waals surface area contributed by atoms with Crippen LogP contribution in [-0.2, 0) is 5.41 Å². The molecule has 0 saturated heterocycles. The molecule has 1 aliphatic rings. The highest BCUT2D eigenvalue weighted by atomic mass is 32.1. The van der Waals surface area contributed by atoms with Crippen molar-refractivity contribution in [1.29, 1.82) is 0 Å². The molecule has 3 heterocycles. The maximum absolute atomic E-state index is 6.16. The first-order chi connectivity index (χ1) is 29.2. The topological polar surface area (TPSA) is 64.7 Å². The summed E-state index contributed by atoms with van der Waals surface area (Å²) in [4.78, 5) is 20.7. The Kier molecular flexibility index (Phi) is 7.55. The molecule has 0 amide bonds. The van der Waals surface area contributed by atoms with Gasteiger partial charge in [-0.2, -0.15) is 0 Å². The Morgan fingerprint density at radius 1 is 0.424 bits per heavy atom. The largest absolute Gasteiger partial charge is 0.436 e. The van der Waals surface area contributed by atoms with E-state index in [1.165, 1.54) is 27.8 Å². The van der Waals surface area contributed by atoms with Gasteiger partial charge in [0.2, 0.25) is 5.89 Å². The summed E-state index contributed by atoms with van der Waals surface area (Å²) in [5.74, 6) is 2.50. The first kappa shape index (κ1) is 33.6. The Labute approximate surface area is 344 Å². The average Bonchev–Trinajstić information content (AvgIpc) is 4.00. The van der Waals surface area contributed by atoms with Gasteiger partial charge in [0.1, 0.15) is 5.52 Å². The fourth-order valence-corrected chi connectivity index (χ4v) is 10.3. The first-order valence-corrected chi connectivity index (χ1v) is 20.5. The van der Waals surface area contributed by atoms with Gasteiger partial charge in [-0.15, -0.1) is 11.3 Å². The lowest BCUT2D eigenvalue weighted by atomic mass is 9.67. The van der Waals surface area contributed by atoms with Crippen molar-refractivity contribution in [2.24, 2.45) is 0 Å². The van der Waals surface area contributed by atoms with Gasteiger partial charge >= 0.3 is 0 Å². The van der Waals surface area contributed by atoms with Gasteiger partial charge < -0.3 is 4.42 Å². The molecule has 8 aromatic carbocycles. The highest BCUT2D eigenvalue weighted by Crippen LogP contribution is 2.58. The average molecular weight is 773 g/mol. The molecular formula is C53H32N4OS. The maximum atomic E-state index is 6.16. The van der Waals surface area contributed by atoms with E-state index < -0.39 is 5.41 Å². The Bertz CT molecular complexity index is 3320. The fourth-order valence-electron chi connectivity index (χ4n) is 9.15. The van der Waals surface area contributed by atoms with E-state index in [4.69, 9.17) is 24.4 Å². The van der Waals surface area contributed by atoms with Crippen LogP contribution in [0.4, 0.5) is 0 Å². The molecular weight excluding hydrogens is 741 g/mol. The Morgan fingerprint density at radius 2 is 1.03 bits per heavy atom. The van der Waals surface area contributed by atoms with Gasteiger partial charge in [0, 0.05) is 42.4 Å². The summed E-state index contributed by atoms with van der Waals surface area (Å²) in [5, 5.41) is 2.25. The van der Waals surface area contributed by atoms with Gasteiger partial charge in [0.25, 0.3) is 0 Å². The molecule has 11 aromatic rings. The second kappa shape index (κ2) is 13.3. The van der Waals surface area contributed by atoms with Crippen LogP contribution >= 0.6 is 11.3 Å². The minimum atomic E-state index is -0.541. The number of nitrogens with zero attached hydrogens (tertiary/aromatic N) is 4. The molecule has 276 valence electrons. The number of rotatable bonds is 6. The Hall–Kier alpha value is -7.54. The second-order valence-electron chi connectivity index (χ2n) is 14.9. The Morgan fingerprint density at radius 3 is 1.81 bits per heavy atom. The van der Waals surface area contributed by atoms with Crippen LogP contribution in [0, 0.1) is 0 Å². The van der Waals surface area contributed by atoms with Gasteiger partial charge in [0.05, 0.1) is 5.41 Å². The molecule has 0 fully saturated rings. The lowest BCUT2D eigenvalue weighted by Crippen LogP contribution is -2.28. The minimum Gasteiger partial charge on any atom is -0.436 e. The van der Waals surface area contributed by atoms with Crippen molar-refractivity contribution in [2.75, 3.05) is 0 Å². The van der Waals surface area contributed by atoms with E-state index in [9.17, 15) is 0 Å². The molecule has 0 unspecified atom stereocenters. The van der Waals surface area contributed by atoms with E-state index >= 15 is 0 Å². The SMILES string of the molecule is c1ccc(-c2nc(-c3cccc4c3-c3ccccc3C4(c3ccccc3)c3ccccc3)nc(-c3cccc4sc5cc(-c6nc7ccccc7o6)ccc5c34)n2)cc1. The normalized spacial score (nSPS) is 12.9. The van der Waals surface area contributed by atoms with Crippen LogP contribution in [0.1, 0.15) is 22.3 Å². The van der Waals surface area contributed by atoms with Crippen molar-refractivity contribution in [3.8, 4) is 56.7 Å². The number of para-hydroxylation sites is 2. The van der Waals surface area contributed by atoms with Crippen LogP contribution in [0.15, 0.2) is 199 Å². The summed E-state index contributed by atoms with van der Waals surface area (Å²) in [6.45, 7) is 0. The van der Waals surface area contributed by atoms with Crippen LogP contribution in [-0.4, -0.2) is 19.9 Å². The predicted molar refractivity (Wildman–Crippen MR) is 239 cm³/mol. The van der Waals surface area contributed by atoms with Crippen LogP contribution in [0.5, 0.6) is 0 Å². The van der Waals surface area contributed by atoms with Crippen LogP contribution in [0.3, 0.4) is 0 Å². The van der Waals surface area contributed by atoms with Gasteiger partial charge in [-0.1, -0.05) is 164 Å². The minimum absolute atomic E-state index is 0.541. The number of fused-ring (bicyclic) bond motifs is 7. The zero-order valence-electron chi connectivity index (χ0n) is 31.6. The van der Waals surface area contributed by atoms with E-state index in [-0.39, 0.29) is 0 Å². The summed E-state index contributed by atoms with van der Waals surface area (Å²) in [5.41, 5.74) is 12.1. The molecule has 59 heavy (non-hydrogen) atoms. The van der Waals surface area contributed by atoms with E-state index in [1.54, 1.807) is 11.3 Å². The molecule has 1 aliphatic carbocycles. The lowest BCUT2D eigenvalue weighted by molar-refractivity contribution is 0.620. The number of hydrogen-bond acceptors (Lipinski definition) is 6. The molecule has 0 spiro atoms. The van der Waals surface area contributed by atoms with Crippen LogP contribution in [0.25, 0.3) is 88.0 Å². The van der Waals surface area contributed by atoms with Crippen molar-refractivity contribution >= 4 is 42.6 Å². The second-order valence-corrected chi connectivity index (χ2v) is 16.0. The summed E-state index contributed by atoms with van der Waals surface area (Å²) in [6, 6.07) is 68.1. The van der Waals surface area contributed by atoms with Crippen LogP contribution in [0.2, 0.25) is 0 Å². The van der Waals surface area contributed by atoms with Crippen molar-refractivity contribution in [1.82, 2.24) is 19.9 Å². The van der Waals surface area contributed by atoms with Gasteiger partial charge in [0.15, 0.2) is 23.1 Å². The highest BCUT2D eigenvalue weighted by Gasteiger charge is 2.47. The quantitative estimate of drug-likeness (QED) is 0.168. The number of benzene rings is 8. The van der Waals surface area contributed by atoms with E-state index in [0.29, 0.717) is 23.4 Å². The number of aromatic nitrogens is 4. The van der Waals surface area contributed by atoms with Gasteiger partial charge in [-0.3, -0.25) is 0 Å². The summed E-state index contributed by atoms with van der Waals surface area (Å²) >= 11 is 1.75. The van der Waals surface area contributed by atoms with Crippen molar-refractivity contribution in [3.05, 3.63) is 216 Å². The van der Waals surface area contributed by atoms with Crippen molar-refractivity contribution < 1.29 is 4.42 Å². The third-order valence-corrected chi connectivity index (χ3v) is 12.8. The zero-order chi connectivity index (χ0) is 38.9. The number of hydrogen-bond donors (Lipinski definition) is 0. The molecule has 6 heteroatoms. The summed E-state index contributed by atoms with van der Waals surface area (Å²) in [6.07, 6.45) is 0. The zero-order valence-corrected chi connectivity index (χ0v) is 32.4. The highest BCUT2D eigenvalue weighted by molar-refractivity contribution is 7.26. The fraction of sp³-hybridized carbons (Fsp3) is 0.0189. The molecule has 0 N–H and O–H groups in total. The van der Waals surface area contributed by atoms with Gasteiger partial charge in [-0.05, 0) is 63.7 Å². The first-order valence-electron chi connectivity index (χ1n) is 19.7. The van der Waals surface area contributed by atoms with Gasteiger partial charge in [-0.25, -0.2) is 19.9 Å². The number of oxazole rings is 1. The lowest BCUT2D eigenvalue weighted by Gasteiger charge is -2.33. The molecule has 0 bridgehead atoms. The smallest absolute Gasteiger partial charge is 0.227 e. The summed E-state index contributed by atoms with van der Waals surface area (Å²) < 4.78 is 8.46. The molecule has 0 saturated carbocycles. The Balaban J connectivity index is 1.09. The van der Waals surface area contributed by atoms with E-state index in [1.807, 2.05) is 42.5 Å². The molecule has 0 atom stereocenters. The molecule has 0 aliphatic heterocycles. The third-order valence-electron chi connectivity index (χ3n) is 11.7.